The van der Waals surface area contributed by atoms with Gasteiger partial charge in [-0.15, -0.1) is 0 Å². The molecule has 2 aromatic rings. The van der Waals surface area contributed by atoms with Crippen molar-refractivity contribution in [3.8, 4) is 0 Å². The quantitative estimate of drug-likeness (QED) is 0.700. The highest BCUT2D eigenvalue weighted by molar-refractivity contribution is 5.88. The summed E-state index contributed by atoms with van der Waals surface area (Å²) >= 11 is 0. The Morgan fingerprint density at radius 3 is 2.29 bits per heavy atom. The highest BCUT2D eigenvalue weighted by atomic mass is 16.5. The van der Waals surface area contributed by atoms with Gasteiger partial charge in [0.05, 0.1) is 12.2 Å². The monoisotopic (exact) mass is 379 g/mol. The fourth-order valence-corrected chi connectivity index (χ4v) is 4.42. The maximum Gasteiger partial charge on any atom is 0.341 e. The Morgan fingerprint density at radius 1 is 1.04 bits per heavy atom. The van der Waals surface area contributed by atoms with Crippen LogP contribution in [0.15, 0.2) is 36.7 Å². The normalized spacial score (nSPS) is 18.4. The SMILES string of the molecule is CCOC(=O)c1cnc(CC2(c3ccc(N4CCCCC4)cc3)CCC2)nc1. The van der Waals surface area contributed by atoms with Gasteiger partial charge >= 0.3 is 5.97 Å². The van der Waals surface area contributed by atoms with E-state index in [4.69, 9.17) is 4.74 Å². The lowest BCUT2D eigenvalue weighted by Gasteiger charge is -2.42. The second kappa shape index (κ2) is 8.29. The molecule has 0 unspecified atom stereocenters. The molecule has 5 nitrogen and oxygen atoms in total. The van der Waals surface area contributed by atoms with E-state index in [0.29, 0.717) is 12.2 Å². The molecule has 0 bridgehead atoms. The van der Waals surface area contributed by atoms with Crippen molar-refractivity contribution >= 4 is 11.7 Å². The van der Waals surface area contributed by atoms with Gasteiger partial charge in [-0.3, -0.25) is 0 Å². The summed E-state index contributed by atoms with van der Waals surface area (Å²) in [6.45, 7) is 4.50. The largest absolute Gasteiger partial charge is 0.462 e. The van der Waals surface area contributed by atoms with E-state index in [0.717, 1.165) is 12.2 Å². The van der Waals surface area contributed by atoms with E-state index >= 15 is 0 Å². The first-order valence-corrected chi connectivity index (χ1v) is 10.5. The number of anilines is 1. The molecule has 1 saturated carbocycles. The summed E-state index contributed by atoms with van der Waals surface area (Å²) < 4.78 is 5.01. The number of esters is 1. The summed E-state index contributed by atoms with van der Waals surface area (Å²) in [6.07, 6.45) is 11.5. The van der Waals surface area contributed by atoms with Gasteiger partial charge < -0.3 is 9.64 Å². The van der Waals surface area contributed by atoms with Crippen LogP contribution >= 0.6 is 0 Å². The molecule has 5 heteroatoms. The molecule has 2 heterocycles. The van der Waals surface area contributed by atoms with E-state index in [9.17, 15) is 4.79 Å². The number of benzene rings is 1. The molecule has 148 valence electrons. The molecule has 1 aliphatic heterocycles. The standard InChI is InChI=1S/C23H29N3O2/c1-2-28-22(27)18-16-24-21(25-17-18)15-23(11-6-12-23)19-7-9-20(10-8-19)26-13-4-3-5-14-26/h7-10,16-17H,2-6,11-15H2,1H3. The van der Waals surface area contributed by atoms with E-state index in [-0.39, 0.29) is 11.4 Å². The van der Waals surface area contributed by atoms with E-state index < -0.39 is 0 Å². The van der Waals surface area contributed by atoms with Crippen LogP contribution < -0.4 is 4.90 Å². The molecule has 0 spiro atoms. The van der Waals surface area contributed by atoms with Crippen LogP contribution in [0.2, 0.25) is 0 Å². The Labute approximate surface area is 167 Å². The topological polar surface area (TPSA) is 55.3 Å². The Bertz CT molecular complexity index is 792. The molecule has 1 saturated heterocycles. The van der Waals surface area contributed by atoms with Crippen molar-refractivity contribution < 1.29 is 9.53 Å². The van der Waals surface area contributed by atoms with Crippen LogP contribution in [-0.2, 0) is 16.6 Å². The Balaban J connectivity index is 1.47. The molecule has 2 aliphatic rings. The molecule has 0 atom stereocenters. The number of rotatable bonds is 6. The minimum atomic E-state index is -0.360. The fourth-order valence-electron chi connectivity index (χ4n) is 4.42. The van der Waals surface area contributed by atoms with Gasteiger partial charge in [0.15, 0.2) is 0 Å². The maximum absolute atomic E-state index is 11.8. The molecule has 0 radical (unpaired) electrons. The zero-order chi connectivity index (χ0) is 19.4. The van der Waals surface area contributed by atoms with Crippen LogP contribution in [0.3, 0.4) is 0 Å². The zero-order valence-electron chi connectivity index (χ0n) is 16.7. The molecule has 1 aliphatic carbocycles. The summed E-state index contributed by atoms with van der Waals surface area (Å²) in [5, 5.41) is 0. The van der Waals surface area contributed by atoms with Crippen LogP contribution in [-0.4, -0.2) is 35.6 Å². The molecule has 4 rings (SSSR count). The lowest BCUT2D eigenvalue weighted by Crippen LogP contribution is -2.37. The second-order valence-electron chi connectivity index (χ2n) is 8.01. The lowest BCUT2D eigenvalue weighted by molar-refractivity contribution is 0.0525. The minimum Gasteiger partial charge on any atom is -0.462 e. The van der Waals surface area contributed by atoms with Gasteiger partial charge in [-0.25, -0.2) is 14.8 Å². The number of piperidine rings is 1. The van der Waals surface area contributed by atoms with Crippen LogP contribution in [0.5, 0.6) is 0 Å². The van der Waals surface area contributed by atoms with E-state index in [1.54, 1.807) is 19.3 Å². The Kier molecular flexibility index (Phi) is 5.60. The summed E-state index contributed by atoms with van der Waals surface area (Å²) in [6, 6.07) is 9.17. The first kappa shape index (κ1) is 18.9. The average molecular weight is 380 g/mol. The van der Waals surface area contributed by atoms with Crippen molar-refractivity contribution in [1.82, 2.24) is 9.97 Å². The van der Waals surface area contributed by atoms with Crippen molar-refractivity contribution in [1.29, 1.82) is 0 Å². The predicted molar refractivity (Wildman–Crippen MR) is 110 cm³/mol. The summed E-state index contributed by atoms with van der Waals surface area (Å²) in [5.74, 6) is 0.438. The third-order valence-corrected chi connectivity index (χ3v) is 6.22. The third-order valence-electron chi connectivity index (χ3n) is 6.22. The number of carbonyl (C=O) groups is 1. The van der Waals surface area contributed by atoms with Crippen LogP contribution in [0.4, 0.5) is 5.69 Å². The Hall–Kier alpha value is -2.43. The number of carbonyl (C=O) groups excluding carboxylic acids is 1. The fraction of sp³-hybridized carbons (Fsp3) is 0.522. The first-order valence-electron chi connectivity index (χ1n) is 10.5. The summed E-state index contributed by atoms with van der Waals surface area (Å²) in [5.41, 5.74) is 3.27. The molecule has 0 amide bonds. The van der Waals surface area contributed by atoms with Crippen molar-refractivity contribution in [2.75, 3.05) is 24.6 Å². The average Bonchev–Trinajstić information content (AvgIpc) is 2.72. The Morgan fingerprint density at radius 2 is 1.71 bits per heavy atom. The third kappa shape index (κ3) is 3.89. The van der Waals surface area contributed by atoms with Gasteiger partial charge in [0.1, 0.15) is 5.82 Å². The van der Waals surface area contributed by atoms with Crippen LogP contribution in [0.1, 0.15) is 67.2 Å². The number of nitrogens with zero attached hydrogens (tertiary/aromatic N) is 3. The first-order chi connectivity index (χ1) is 13.7. The maximum atomic E-state index is 11.8. The minimum absolute atomic E-state index is 0.131. The van der Waals surface area contributed by atoms with Crippen LogP contribution in [0.25, 0.3) is 0 Å². The van der Waals surface area contributed by atoms with Gasteiger partial charge in [0.2, 0.25) is 0 Å². The highest BCUT2D eigenvalue weighted by Gasteiger charge is 2.39. The van der Waals surface area contributed by atoms with Gasteiger partial charge in [0.25, 0.3) is 0 Å². The van der Waals surface area contributed by atoms with Gasteiger partial charge in [-0.05, 0) is 56.7 Å². The predicted octanol–water partition coefficient (Wildman–Crippen LogP) is 4.31. The number of hydrogen-bond donors (Lipinski definition) is 0. The molecule has 2 fully saturated rings. The summed E-state index contributed by atoms with van der Waals surface area (Å²) in [7, 11) is 0. The van der Waals surface area contributed by atoms with Crippen molar-refractivity contribution in [2.24, 2.45) is 0 Å². The second-order valence-corrected chi connectivity index (χ2v) is 8.01. The van der Waals surface area contributed by atoms with E-state index in [2.05, 4.69) is 39.1 Å². The van der Waals surface area contributed by atoms with Gasteiger partial charge in [-0.1, -0.05) is 18.6 Å². The molecule has 1 aromatic heterocycles. The number of aromatic nitrogens is 2. The van der Waals surface area contributed by atoms with Gasteiger partial charge in [0, 0.05) is 43.0 Å². The lowest BCUT2D eigenvalue weighted by atomic mass is 9.62. The van der Waals surface area contributed by atoms with E-state index in [1.807, 2.05) is 0 Å². The number of ether oxygens (including phenoxy) is 1. The molecule has 1 aromatic carbocycles. The van der Waals surface area contributed by atoms with Crippen molar-refractivity contribution in [2.45, 2.75) is 57.3 Å². The molecular formula is C23H29N3O2. The van der Waals surface area contributed by atoms with E-state index in [1.165, 1.54) is 62.9 Å². The van der Waals surface area contributed by atoms with Crippen molar-refractivity contribution in [3.63, 3.8) is 0 Å². The molecule has 0 N–H and O–H groups in total. The van der Waals surface area contributed by atoms with Gasteiger partial charge in [-0.2, -0.15) is 0 Å². The molecule has 28 heavy (non-hydrogen) atoms. The smallest absolute Gasteiger partial charge is 0.341 e. The number of hydrogen-bond acceptors (Lipinski definition) is 5. The van der Waals surface area contributed by atoms with Crippen molar-refractivity contribution in [3.05, 3.63) is 53.6 Å². The van der Waals surface area contributed by atoms with Crippen LogP contribution in [0, 0.1) is 0 Å². The zero-order valence-corrected chi connectivity index (χ0v) is 16.7. The highest BCUT2D eigenvalue weighted by Crippen LogP contribution is 2.46. The summed E-state index contributed by atoms with van der Waals surface area (Å²) in [4.78, 5) is 23.2. The molecular weight excluding hydrogens is 350 g/mol.